The SMILES string of the molecule is Clc1ccc(-c2c[nH]cc2C(c2ccc(-n3cccc3)cc2)n2ccnc2)c(Cl)c1. The Hall–Kier alpha value is -3.21. The van der Waals surface area contributed by atoms with Crippen LogP contribution in [0.25, 0.3) is 16.8 Å². The second kappa shape index (κ2) is 7.90. The molecule has 6 heteroatoms. The predicted molar refractivity (Wildman–Crippen MR) is 121 cm³/mol. The first-order valence-electron chi connectivity index (χ1n) is 9.53. The van der Waals surface area contributed by atoms with Crippen LogP contribution in [0.15, 0.2) is 98.1 Å². The molecule has 0 aliphatic rings. The van der Waals surface area contributed by atoms with Crippen molar-refractivity contribution in [3.05, 3.63) is 119 Å². The van der Waals surface area contributed by atoms with Gasteiger partial charge >= 0.3 is 0 Å². The van der Waals surface area contributed by atoms with Crippen molar-refractivity contribution < 1.29 is 0 Å². The van der Waals surface area contributed by atoms with E-state index in [0.717, 1.165) is 27.9 Å². The molecule has 5 rings (SSSR count). The average molecular weight is 433 g/mol. The maximum absolute atomic E-state index is 6.53. The van der Waals surface area contributed by atoms with Crippen molar-refractivity contribution in [3.63, 3.8) is 0 Å². The summed E-state index contributed by atoms with van der Waals surface area (Å²) < 4.78 is 4.19. The Labute approximate surface area is 184 Å². The molecule has 0 bridgehead atoms. The van der Waals surface area contributed by atoms with Gasteiger partial charge in [0.15, 0.2) is 0 Å². The van der Waals surface area contributed by atoms with Gasteiger partial charge in [-0.25, -0.2) is 4.98 Å². The van der Waals surface area contributed by atoms with Crippen molar-refractivity contribution >= 4 is 23.2 Å². The van der Waals surface area contributed by atoms with Crippen LogP contribution in [-0.2, 0) is 0 Å². The smallest absolute Gasteiger partial charge is 0.0954 e. The molecule has 3 heterocycles. The minimum atomic E-state index is -0.0563. The molecule has 0 fully saturated rings. The van der Waals surface area contributed by atoms with Gasteiger partial charge in [0.25, 0.3) is 0 Å². The molecule has 1 unspecified atom stereocenters. The van der Waals surface area contributed by atoms with E-state index in [2.05, 4.69) is 43.4 Å². The van der Waals surface area contributed by atoms with Crippen LogP contribution in [0.2, 0.25) is 10.0 Å². The molecule has 0 spiro atoms. The second-order valence-electron chi connectivity index (χ2n) is 7.04. The molecule has 0 saturated carbocycles. The van der Waals surface area contributed by atoms with Crippen molar-refractivity contribution in [2.24, 2.45) is 0 Å². The third-order valence-corrected chi connectivity index (χ3v) is 5.78. The van der Waals surface area contributed by atoms with Crippen LogP contribution in [0.4, 0.5) is 0 Å². The van der Waals surface area contributed by atoms with Gasteiger partial charge in [-0.05, 0) is 42.0 Å². The highest BCUT2D eigenvalue weighted by Gasteiger charge is 2.22. The first kappa shape index (κ1) is 18.8. The van der Waals surface area contributed by atoms with Gasteiger partial charge in [-0.15, -0.1) is 0 Å². The standard InChI is InChI=1S/C24H18Cl2N4/c25-18-5-8-20(23(26)13-18)21-14-28-15-22(21)24(30-12-9-27-16-30)17-3-6-19(7-4-17)29-10-1-2-11-29/h1-16,24,28H. The maximum atomic E-state index is 6.53. The molecule has 1 N–H and O–H groups in total. The second-order valence-corrected chi connectivity index (χ2v) is 7.89. The van der Waals surface area contributed by atoms with Crippen LogP contribution in [0, 0.1) is 0 Å². The summed E-state index contributed by atoms with van der Waals surface area (Å²) in [4.78, 5) is 7.53. The highest BCUT2D eigenvalue weighted by atomic mass is 35.5. The van der Waals surface area contributed by atoms with E-state index in [1.807, 2.05) is 61.6 Å². The van der Waals surface area contributed by atoms with E-state index in [1.54, 1.807) is 12.3 Å². The van der Waals surface area contributed by atoms with E-state index in [1.165, 1.54) is 0 Å². The zero-order valence-corrected chi connectivity index (χ0v) is 17.4. The lowest BCUT2D eigenvalue weighted by molar-refractivity contribution is 0.678. The minimum Gasteiger partial charge on any atom is -0.367 e. The first-order chi connectivity index (χ1) is 14.7. The van der Waals surface area contributed by atoms with Crippen molar-refractivity contribution in [1.82, 2.24) is 19.1 Å². The number of imidazole rings is 1. The van der Waals surface area contributed by atoms with Crippen LogP contribution < -0.4 is 0 Å². The van der Waals surface area contributed by atoms with E-state index < -0.39 is 0 Å². The molecule has 0 aliphatic carbocycles. The lowest BCUT2D eigenvalue weighted by Crippen LogP contribution is -2.11. The number of nitrogens with one attached hydrogen (secondary N) is 1. The van der Waals surface area contributed by atoms with Crippen LogP contribution in [0.3, 0.4) is 0 Å². The number of hydrogen-bond donors (Lipinski definition) is 1. The molecule has 0 radical (unpaired) electrons. The fourth-order valence-corrected chi connectivity index (χ4v) is 4.32. The fourth-order valence-electron chi connectivity index (χ4n) is 3.81. The highest BCUT2D eigenvalue weighted by Crippen LogP contribution is 2.38. The molecule has 0 aliphatic heterocycles. The largest absolute Gasteiger partial charge is 0.367 e. The Morgan fingerprint density at radius 1 is 0.867 bits per heavy atom. The Morgan fingerprint density at radius 3 is 2.37 bits per heavy atom. The van der Waals surface area contributed by atoms with E-state index in [-0.39, 0.29) is 6.04 Å². The van der Waals surface area contributed by atoms with Gasteiger partial charge in [0.2, 0.25) is 0 Å². The summed E-state index contributed by atoms with van der Waals surface area (Å²) in [6, 6.07) is 18.1. The molecule has 0 amide bonds. The molecular weight excluding hydrogens is 415 g/mol. The number of aromatic amines is 1. The van der Waals surface area contributed by atoms with E-state index >= 15 is 0 Å². The molecule has 4 nitrogen and oxygen atoms in total. The van der Waals surface area contributed by atoms with Gasteiger partial charge in [-0.2, -0.15) is 0 Å². The maximum Gasteiger partial charge on any atom is 0.0954 e. The minimum absolute atomic E-state index is 0.0563. The number of benzene rings is 2. The van der Waals surface area contributed by atoms with Crippen LogP contribution in [0.1, 0.15) is 17.2 Å². The monoisotopic (exact) mass is 432 g/mol. The van der Waals surface area contributed by atoms with E-state index in [9.17, 15) is 0 Å². The van der Waals surface area contributed by atoms with Gasteiger partial charge in [-0.1, -0.05) is 41.4 Å². The normalized spacial score (nSPS) is 12.2. The fraction of sp³-hybridized carbons (Fsp3) is 0.0417. The van der Waals surface area contributed by atoms with Gasteiger partial charge in [0.1, 0.15) is 0 Å². The first-order valence-corrected chi connectivity index (χ1v) is 10.3. The topological polar surface area (TPSA) is 38.5 Å². The lowest BCUT2D eigenvalue weighted by atomic mass is 9.94. The third kappa shape index (κ3) is 3.45. The van der Waals surface area contributed by atoms with E-state index in [4.69, 9.17) is 23.2 Å². The Kier molecular flexibility index (Phi) is 4.95. The molecule has 30 heavy (non-hydrogen) atoms. The number of hydrogen-bond acceptors (Lipinski definition) is 1. The summed E-state index contributed by atoms with van der Waals surface area (Å²) >= 11 is 12.6. The third-order valence-electron chi connectivity index (χ3n) is 5.23. The van der Waals surface area contributed by atoms with Crippen molar-refractivity contribution in [2.45, 2.75) is 6.04 Å². The zero-order chi connectivity index (χ0) is 20.5. The Balaban J connectivity index is 1.61. The molecule has 148 valence electrons. The summed E-state index contributed by atoms with van der Waals surface area (Å²) in [6.07, 6.45) is 13.7. The highest BCUT2D eigenvalue weighted by molar-refractivity contribution is 6.36. The molecule has 5 aromatic rings. The van der Waals surface area contributed by atoms with Crippen molar-refractivity contribution in [1.29, 1.82) is 0 Å². The molecular formula is C24H18Cl2N4. The summed E-state index contributed by atoms with van der Waals surface area (Å²) in [6.45, 7) is 0. The summed E-state index contributed by atoms with van der Waals surface area (Å²) in [5.41, 5.74) is 5.33. The molecule has 3 aromatic heterocycles. The van der Waals surface area contributed by atoms with Gasteiger partial charge in [0, 0.05) is 69.6 Å². The van der Waals surface area contributed by atoms with Crippen molar-refractivity contribution in [3.8, 4) is 16.8 Å². The lowest BCUT2D eigenvalue weighted by Gasteiger charge is -2.21. The Morgan fingerprint density at radius 2 is 1.67 bits per heavy atom. The van der Waals surface area contributed by atoms with Crippen LogP contribution >= 0.6 is 23.2 Å². The summed E-state index contributed by atoms with van der Waals surface area (Å²) in [5.74, 6) is 0. The summed E-state index contributed by atoms with van der Waals surface area (Å²) in [5, 5.41) is 1.24. The summed E-state index contributed by atoms with van der Waals surface area (Å²) in [7, 11) is 0. The number of halogens is 2. The molecule has 2 aromatic carbocycles. The zero-order valence-electron chi connectivity index (χ0n) is 15.9. The van der Waals surface area contributed by atoms with Gasteiger partial charge in [0.05, 0.1) is 12.4 Å². The molecule has 1 atom stereocenters. The predicted octanol–water partition coefficient (Wildman–Crippen LogP) is 6.61. The molecule has 0 saturated heterocycles. The number of nitrogens with zero attached hydrogens (tertiary/aromatic N) is 3. The van der Waals surface area contributed by atoms with Crippen LogP contribution in [-0.4, -0.2) is 19.1 Å². The van der Waals surface area contributed by atoms with Gasteiger partial charge in [-0.3, -0.25) is 0 Å². The van der Waals surface area contributed by atoms with Crippen molar-refractivity contribution in [2.75, 3.05) is 0 Å². The van der Waals surface area contributed by atoms with E-state index in [0.29, 0.717) is 10.0 Å². The number of rotatable bonds is 5. The quantitative estimate of drug-likeness (QED) is 0.333. The number of H-pyrrole nitrogens is 1. The average Bonchev–Trinajstić information content (AvgIpc) is 3.52. The van der Waals surface area contributed by atoms with Gasteiger partial charge < -0.3 is 14.1 Å². The Bertz CT molecular complexity index is 1250. The van der Waals surface area contributed by atoms with Crippen LogP contribution in [0.5, 0.6) is 0 Å². The number of aromatic nitrogens is 4.